The molecule has 5 heteroatoms. The first-order valence-corrected chi connectivity index (χ1v) is 33.5. The molecule has 17 aromatic rings. The van der Waals surface area contributed by atoms with Crippen LogP contribution in [0.1, 0.15) is 44.5 Å². The average molecular weight is 1220 g/mol. The van der Waals surface area contributed by atoms with E-state index in [0.29, 0.717) is 0 Å². The lowest BCUT2D eigenvalue weighted by atomic mass is 9.70. The second-order valence-corrected chi connectivity index (χ2v) is 26.4. The lowest BCUT2D eigenvalue weighted by Gasteiger charge is -2.30. The predicted octanol–water partition coefficient (Wildman–Crippen LogP) is 23.1. The van der Waals surface area contributed by atoms with E-state index in [9.17, 15) is 0 Å². The largest absolute Gasteiger partial charge is 0.309 e. The van der Waals surface area contributed by atoms with Gasteiger partial charge in [0.2, 0.25) is 0 Å². The molecule has 0 N–H and O–H groups in total. The second-order valence-electron chi connectivity index (χ2n) is 25.9. The number of hydrogen-bond acceptors (Lipinski definition) is 4. The Morgan fingerprint density at radius 2 is 0.663 bits per heavy atom. The first-order valence-electron chi connectivity index (χ1n) is 32.8. The summed E-state index contributed by atoms with van der Waals surface area (Å²) in [7, 11) is 0. The van der Waals surface area contributed by atoms with E-state index < -0.39 is 10.8 Å². The van der Waals surface area contributed by atoms with Crippen LogP contribution in [0.5, 0.6) is 0 Å². The van der Waals surface area contributed by atoms with E-state index in [1.165, 1.54) is 144 Å². The molecule has 21 rings (SSSR count). The van der Waals surface area contributed by atoms with Crippen molar-refractivity contribution in [3.63, 3.8) is 0 Å². The highest BCUT2D eigenvalue weighted by Gasteiger charge is 2.53. The summed E-state index contributed by atoms with van der Waals surface area (Å²) in [5.41, 5.74) is 35.2. The van der Waals surface area contributed by atoms with Gasteiger partial charge in [-0.3, -0.25) is 0 Å². The van der Waals surface area contributed by atoms with E-state index in [1.807, 2.05) is 0 Å². The lowest BCUT2D eigenvalue weighted by molar-refractivity contribution is 0.794. The van der Waals surface area contributed by atoms with Gasteiger partial charge in [0, 0.05) is 33.4 Å². The quantitative estimate of drug-likeness (QED) is 0.159. The third-order valence-corrected chi connectivity index (χ3v) is 22.1. The van der Waals surface area contributed by atoms with Crippen LogP contribution in [0.4, 0.5) is 17.1 Å². The number of fused-ring (bicyclic) bond motifs is 26. The van der Waals surface area contributed by atoms with Gasteiger partial charge in [0.15, 0.2) is 0 Å². The molecule has 2 heterocycles. The van der Waals surface area contributed by atoms with Gasteiger partial charge >= 0.3 is 0 Å². The molecule has 4 aliphatic rings. The minimum absolute atomic E-state index is 0.430. The molecule has 95 heavy (non-hydrogen) atoms. The van der Waals surface area contributed by atoms with Crippen molar-refractivity contribution in [3.05, 3.63) is 372 Å². The number of rotatable bonds is 7. The monoisotopic (exact) mass is 1220 g/mol. The van der Waals surface area contributed by atoms with Gasteiger partial charge in [-0.05, 0) is 200 Å². The maximum Gasteiger partial charge on any atom is 0.129 e. The first kappa shape index (κ1) is 52.6. The van der Waals surface area contributed by atoms with E-state index >= 15 is 0 Å². The van der Waals surface area contributed by atoms with Crippen LogP contribution in [0, 0.1) is 0 Å². The molecule has 15 aromatic carbocycles. The molecule has 0 bridgehead atoms. The highest BCUT2D eigenvalue weighted by Crippen LogP contribution is 2.65. The summed E-state index contributed by atoms with van der Waals surface area (Å²) < 4.78 is 12.7. The van der Waals surface area contributed by atoms with Crippen molar-refractivity contribution >= 4 is 72.4 Å². The fourth-order valence-corrected chi connectivity index (χ4v) is 18.2. The first-order chi connectivity index (χ1) is 47.1. The van der Waals surface area contributed by atoms with Crippen molar-refractivity contribution in [2.75, 3.05) is 4.90 Å². The van der Waals surface area contributed by atoms with Crippen LogP contribution in [-0.2, 0) is 10.8 Å². The summed E-state index contributed by atoms with van der Waals surface area (Å²) in [4.78, 5) is 2.37. The molecule has 0 aliphatic heterocycles. The number of para-hydroxylation sites is 1. The van der Waals surface area contributed by atoms with Gasteiger partial charge in [-0.2, -0.15) is 8.75 Å². The van der Waals surface area contributed by atoms with Crippen molar-refractivity contribution in [1.82, 2.24) is 13.3 Å². The minimum atomic E-state index is -0.430. The third kappa shape index (κ3) is 7.09. The molecular weight excluding hydrogens is 1170 g/mol. The summed E-state index contributed by atoms with van der Waals surface area (Å²) in [6.07, 6.45) is 0. The smallest absolute Gasteiger partial charge is 0.129 e. The van der Waals surface area contributed by atoms with Gasteiger partial charge in [-0.15, -0.1) is 0 Å². The Labute approximate surface area is 553 Å². The Hall–Kier alpha value is -12.0. The minimum Gasteiger partial charge on any atom is -0.309 e. The number of nitrogens with zero attached hydrogens (tertiary/aromatic N) is 4. The molecule has 440 valence electrons. The van der Waals surface area contributed by atoms with Gasteiger partial charge in [0.05, 0.1) is 39.3 Å². The average Bonchev–Trinajstić information content (AvgIpc) is 1.52. The highest BCUT2D eigenvalue weighted by molar-refractivity contribution is 7.00. The van der Waals surface area contributed by atoms with E-state index in [-0.39, 0.29) is 0 Å². The van der Waals surface area contributed by atoms with Gasteiger partial charge in [0.25, 0.3) is 0 Å². The van der Waals surface area contributed by atoms with Crippen LogP contribution in [0.2, 0.25) is 0 Å². The summed E-state index contributed by atoms with van der Waals surface area (Å²) in [6, 6.07) is 122. The maximum absolute atomic E-state index is 5.18. The predicted molar refractivity (Wildman–Crippen MR) is 393 cm³/mol. The lowest BCUT2D eigenvalue weighted by Crippen LogP contribution is -2.25. The summed E-state index contributed by atoms with van der Waals surface area (Å²) in [5, 5.41) is 5.03. The molecule has 0 amide bonds. The highest BCUT2D eigenvalue weighted by atomic mass is 32.1. The number of hydrogen-bond donors (Lipinski definition) is 0. The zero-order valence-corrected chi connectivity index (χ0v) is 52.2. The van der Waals surface area contributed by atoms with Crippen LogP contribution in [0.3, 0.4) is 0 Å². The van der Waals surface area contributed by atoms with Crippen LogP contribution in [0.25, 0.3) is 127 Å². The Bertz CT molecular complexity index is 5740. The zero-order valence-electron chi connectivity index (χ0n) is 51.4. The van der Waals surface area contributed by atoms with Crippen molar-refractivity contribution in [3.8, 4) is 83.6 Å². The number of benzene rings is 15. The molecule has 0 unspecified atom stereocenters. The molecule has 2 spiro atoms. The van der Waals surface area contributed by atoms with E-state index in [1.54, 1.807) is 0 Å². The molecule has 0 atom stereocenters. The molecule has 0 fully saturated rings. The van der Waals surface area contributed by atoms with Gasteiger partial charge in [0.1, 0.15) is 11.0 Å². The Balaban J connectivity index is 0.690. The standard InChI is InChI=1S/C90H54N4S/c1-2-18-64-57(17-1)41-51-84-86(64)74-25-9-16-32-83(74)94(84)63-46-37-58(38-47-63)65-50-52-85(88-87(65)91-95-92-88)93(61-42-33-55(34-43-61)59-39-48-72-70-23-7-14-30-79(70)89(81(72)53-59)75-26-10-3-19-66(75)67-20-4-11-27-76(67)89)62-44-35-56(36-45-62)60-40-49-73-71-24-8-15-31-80(71)90(82(73)54-60)77-28-12-5-21-68(77)69-22-6-13-29-78(69)90/h1-54H. The summed E-state index contributed by atoms with van der Waals surface area (Å²) in [6.45, 7) is 0. The van der Waals surface area contributed by atoms with Crippen molar-refractivity contribution in [1.29, 1.82) is 0 Å². The van der Waals surface area contributed by atoms with Crippen molar-refractivity contribution < 1.29 is 0 Å². The van der Waals surface area contributed by atoms with Crippen LogP contribution < -0.4 is 4.90 Å². The Kier molecular flexibility index (Phi) is 10.9. The summed E-state index contributed by atoms with van der Waals surface area (Å²) in [5.74, 6) is 0. The third-order valence-electron chi connectivity index (χ3n) is 21.5. The second kappa shape index (κ2) is 19.8. The SMILES string of the molecule is c1ccc2c(c1)-c1ccccc1C21c2ccccc2-c2ccc(-c3ccc(N(c4ccc(-c5ccc6c(c5)C5(c7ccccc7-c7ccccc75)c5ccccc5-6)cc4)c4ccc(-c5ccc(-n6c7ccccc7c7c8ccccc8ccc76)cc5)c5nsnc45)cc3)cc21. The number of anilines is 3. The fourth-order valence-electron chi connectivity index (χ4n) is 17.7. The Morgan fingerprint density at radius 3 is 1.16 bits per heavy atom. The molecule has 0 saturated heterocycles. The van der Waals surface area contributed by atoms with Crippen LogP contribution in [-0.4, -0.2) is 13.3 Å². The molecular formula is C90H54N4S. The van der Waals surface area contributed by atoms with Crippen molar-refractivity contribution in [2.24, 2.45) is 0 Å². The van der Waals surface area contributed by atoms with E-state index in [4.69, 9.17) is 8.75 Å². The van der Waals surface area contributed by atoms with Crippen LogP contribution >= 0.6 is 11.7 Å². The zero-order chi connectivity index (χ0) is 62.1. The molecule has 4 aliphatic carbocycles. The molecule has 0 saturated carbocycles. The maximum atomic E-state index is 5.18. The Morgan fingerprint density at radius 1 is 0.274 bits per heavy atom. The van der Waals surface area contributed by atoms with Crippen LogP contribution in [0.15, 0.2) is 328 Å². The van der Waals surface area contributed by atoms with Gasteiger partial charge in [-0.1, -0.05) is 255 Å². The fraction of sp³-hybridized carbons (Fsp3) is 0.0222. The molecule has 0 radical (unpaired) electrons. The summed E-state index contributed by atoms with van der Waals surface area (Å²) >= 11 is 1.27. The normalized spacial score (nSPS) is 13.6. The molecule has 4 nitrogen and oxygen atoms in total. The number of aromatic nitrogens is 3. The van der Waals surface area contributed by atoms with E-state index in [2.05, 4.69) is 337 Å². The van der Waals surface area contributed by atoms with Crippen molar-refractivity contribution in [2.45, 2.75) is 10.8 Å². The van der Waals surface area contributed by atoms with Gasteiger partial charge < -0.3 is 9.47 Å². The molecule has 2 aromatic heterocycles. The van der Waals surface area contributed by atoms with Gasteiger partial charge in [-0.25, -0.2) is 0 Å². The topological polar surface area (TPSA) is 34.0 Å². The van der Waals surface area contributed by atoms with E-state index in [0.717, 1.165) is 56.0 Å².